The zero-order valence-corrected chi connectivity index (χ0v) is 11.3. The summed E-state index contributed by atoms with van der Waals surface area (Å²) in [6.07, 6.45) is 7.18. The average Bonchev–Trinajstić information content (AvgIpc) is 2.88. The number of hydrogen-bond acceptors (Lipinski definition) is 4. The molecule has 104 valence electrons. The van der Waals surface area contributed by atoms with Crippen LogP contribution in [0.5, 0.6) is 0 Å². The molecule has 2 heterocycles. The van der Waals surface area contributed by atoms with Gasteiger partial charge in [-0.1, -0.05) is 0 Å². The molecular formula is C14H26N2O2. The maximum Gasteiger partial charge on any atom is 0.168 e. The standard InChI is InChI=1S/C14H26N2O2/c15-11-12-3-7-16(8-4-12)13-1-5-14(6-2-13)17-9-10-18-14/h12-13H,1-11,15H2. The number of hydrogen-bond donors (Lipinski definition) is 1. The smallest absolute Gasteiger partial charge is 0.168 e. The van der Waals surface area contributed by atoms with Crippen LogP contribution in [0.25, 0.3) is 0 Å². The highest BCUT2D eigenvalue weighted by Crippen LogP contribution is 2.38. The van der Waals surface area contributed by atoms with Gasteiger partial charge in [0, 0.05) is 18.9 Å². The van der Waals surface area contributed by atoms with E-state index in [1.165, 1.54) is 38.8 Å². The predicted molar refractivity (Wildman–Crippen MR) is 70.2 cm³/mol. The van der Waals surface area contributed by atoms with Crippen LogP contribution in [-0.2, 0) is 9.47 Å². The Balaban J connectivity index is 1.48. The molecule has 4 heteroatoms. The maximum atomic E-state index is 5.79. The van der Waals surface area contributed by atoms with Gasteiger partial charge in [-0.3, -0.25) is 0 Å². The van der Waals surface area contributed by atoms with Crippen LogP contribution in [0.15, 0.2) is 0 Å². The molecule has 1 spiro atoms. The molecule has 2 aliphatic heterocycles. The Bertz CT molecular complexity index is 261. The Morgan fingerprint density at radius 3 is 2.17 bits per heavy atom. The largest absolute Gasteiger partial charge is 0.348 e. The van der Waals surface area contributed by atoms with Crippen molar-refractivity contribution in [1.29, 1.82) is 0 Å². The van der Waals surface area contributed by atoms with Gasteiger partial charge < -0.3 is 20.1 Å². The zero-order chi connectivity index (χ0) is 12.4. The third-order valence-corrected chi connectivity index (χ3v) is 5.03. The lowest BCUT2D eigenvalue weighted by Crippen LogP contribution is -2.47. The van der Waals surface area contributed by atoms with Gasteiger partial charge in [-0.2, -0.15) is 0 Å². The van der Waals surface area contributed by atoms with Crippen molar-refractivity contribution in [3.8, 4) is 0 Å². The second kappa shape index (κ2) is 5.45. The Labute approximate surface area is 110 Å². The summed E-state index contributed by atoms with van der Waals surface area (Å²) in [6.45, 7) is 4.91. The van der Waals surface area contributed by atoms with Crippen LogP contribution in [0.4, 0.5) is 0 Å². The van der Waals surface area contributed by atoms with Crippen LogP contribution < -0.4 is 5.73 Å². The van der Waals surface area contributed by atoms with Gasteiger partial charge >= 0.3 is 0 Å². The predicted octanol–water partition coefficient (Wildman–Crippen LogP) is 1.34. The van der Waals surface area contributed by atoms with Crippen molar-refractivity contribution in [2.45, 2.75) is 50.4 Å². The second-order valence-electron chi connectivity index (χ2n) is 6.05. The molecule has 18 heavy (non-hydrogen) atoms. The summed E-state index contributed by atoms with van der Waals surface area (Å²) in [6, 6.07) is 0.752. The molecular weight excluding hydrogens is 228 g/mol. The number of piperidine rings is 1. The Morgan fingerprint density at radius 2 is 1.61 bits per heavy atom. The van der Waals surface area contributed by atoms with Crippen LogP contribution in [0.1, 0.15) is 38.5 Å². The highest BCUT2D eigenvalue weighted by atomic mass is 16.7. The number of ether oxygens (including phenoxy) is 2. The molecule has 3 fully saturated rings. The highest BCUT2D eigenvalue weighted by Gasteiger charge is 2.41. The van der Waals surface area contributed by atoms with Crippen molar-refractivity contribution < 1.29 is 9.47 Å². The molecule has 0 radical (unpaired) electrons. The van der Waals surface area contributed by atoms with Gasteiger partial charge in [0.15, 0.2) is 5.79 Å². The SMILES string of the molecule is NCC1CCN(C2CCC3(CC2)OCCO3)CC1. The van der Waals surface area contributed by atoms with Crippen LogP contribution in [0.2, 0.25) is 0 Å². The molecule has 0 amide bonds. The number of nitrogens with two attached hydrogens (primary N) is 1. The highest BCUT2D eigenvalue weighted by molar-refractivity contribution is 4.88. The molecule has 0 bridgehead atoms. The third-order valence-electron chi connectivity index (χ3n) is 5.03. The Morgan fingerprint density at radius 1 is 1.00 bits per heavy atom. The summed E-state index contributed by atoms with van der Waals surface area (Å²) in [5.74, 6) is 0.559. The molecule has 0 aromatic rings. The second-order valence-corrected chi connectivity index (χ2v) is 6.05. The van der Waals surface area contributed by atoms with Crippen molar-refractivity contribution in [1.82, 2.24) is 4.90 Å². The Kier molecular flexibility index (Phi) is 3.89. The van der Waals surface area contributed by atoms with Gasteiger partial charge in [0.05, 0.1) is 13.2 Å². The van der Waals surface area contributed by atoms with E-state index in [0.717, 1.165) is 44.6 Å². The molecule has 4 nitrogen and oxygen atoms in total. The van der Waals surface area contributed by atoms with Crippen molar-refractivity contribution in [3.05, 3.63) is 0 Å². The lowest BCUT2D eigenvalue weighted by molar-refractivity contribution is -0.184. The van der Waals surface area contributed by atoms with E-state index in [1.807, 2.05) is 0 Å². The maximum absolute atomic E-state index is 5.79. The normalized spacial score (nSPS) is 31.2. The van der Waals surface area contributed by atoms with Crippen molar-refractivity contribution in [2.75, 3.05) is 32.8 Å². The summed E-state index contributed by atoms with van der Waals surface area (Å²) in [5, 5.41) is 0. The van der Waals surface area contributed by atoms with E-state index in [2.05, 4.69) is 4.90 Å². The van der Waals surface area contributed by atoms with E-state index in [9.17, 15) is 0 Å². The lowest BCUT2D eigenvalue weighted by Gasteiger charge is -2.43. The first-order valence-corrected chi connectivity index (χ1v) is 7.53. The molecule has 2 N–H and O–H groups in total. The monoisotopic (exact) mass is 254 g/mol. The van der Waals surface area contributed by atoms with Gasteiger partial charge in [0.25, 0.3) is 0 Å². The summed E-state index contributed by atoms with van der Waals surface area (Å²) in [7, 11) is 0. The van der Waals surface area contributed by atoms with Crippen LogP contribution in [0.3, 0.4) is 0 Å². The molecule has 3 aliphatic rings. The van der Waals surface area contributed by atoms with Gasteiger partial charge in [0.1, 0.15) is 0 Å². The van der Waals surface area contributed by atoms with E-state index in [0.29, 0.717) is 0 Å². The van der Waals surface area contributed by atoms with E-state index in [-0.39, 0.29) is 5.79 Å². The molecule has 3 rings (SSSR count). The van der Waals surface area contributed by atoms with Gasteiger partial charge in [0.2, 0.25) is 0 Å². The van der Waals surface area contributed by atoms with Crippen molar-refractivity contribution in [2.24, 2.45) is 11.7 Å². The molecule has 0 atom stereocenters. The van der Waals surface area contributed by atoms with Crippen molar-refractivity contribution >= 4 is 0 Å². The minimum atomic E-state index is -0.202. The fourth-order valence-electron chi connectivity index (χ4n) is 3.75. The molecule has 1 saturated carbocycles. The first-order valence-electron chi connectivity index (χ1n) is 7.53. The van der Waals surface area contributed by atoms with Crippen LogP contribution in [-0.4, -0.2) is 49.6 Å². The summed E-state index contributed by atoms with van der Waals surface area (Å²) < 4.78 is 11.6. The summed E-state index contributed by atoms with van der Waals surface area (Å²) in [5.41, 5.74) is 5.75. The van der Waals surface area contributed by atoms with Crippen molar-refractivity contribution in [3.63, 3.8) is 0 Å². The van der Waals surface area contributed by atoms with Crippen LogP contribution in [0, 0.1) is 5.92 Å². The topological polar surface area (TPSA) is 47.7 Å². The average molecular weight is 254 g/mol. The molecule has 2 saturated heterocycles. The van der Waals surface area contributed by atoms with E-state index < -0.39 is 0 Å². The third kappa shape index (κ3) is 2.57. The lowest BCUT2D eigenvalue weighted by atomic mass is 9.87. The van der Waals surface area contributed by atoms with Gasteiger partial charge in [-0.25, -0.2) is 0 Å². The summed E-state index contributed by atoms with van der Waals surface area (Å²) in [4.78, 5) is 2.67. The number of rotatable bonds is 2. The fraction of sp³-hybridized carbons (Fsp3) is 1.00. The molecule has 0 aromatic heterocycles. The molecule has 1 aliphatic carbocycles. The van der Waals surface area contributed by atoms with E-state index in [4.69, 9.17) is 15.2 Å². The number of likely N-dealkylation sites (tertiary alicyclic amines) is 1. The van der Waals surface area contributed by atoms with Gasteiger partial charge in [-0.15, -0.1) is 0 Å². The molecule has 0 unspecified atom stereocenters. The fourth-order valence-corrected chi connectivity index (χ4v) is 3.75. The number of nitrogens with zero attached hydrogens (tertiary/aromatic N) is 1. The Hall–Kier alpha value is -0.160. The van der Waals surface area contributed by atoms with E-state index >= 15 is 0 Å². The van der Waals surface area contributed by atoms with Gasteiger partial charge in [-0.05, 0) is 51.2 Å². The minimum absolute atomic E-state index is 0.202. The summed E-state index contributed by atoms with van der Waals surface area (Å²) >= 11 is 0. The van der Waals surface area contributed by atoms with E-state index in [1.54, 1.807) is 0 Å². The quantitative estimate of drug-likeness (QED) is 0.808. The van der Waals surface area contributed by atoms with Crippen LogP contribution >= 0.6 is 0 Å². The zero-order valence-electron chi connectivity index (χ0n) is 11.3. The molecule has 0 aromatic carbocycles. The minimum Gasteiger partial charge on any atom is -0.348 e. The first-order chi connectivity index (χ1) is 8.81. The first kappa shape index (κ1) is 12.9.